The summed E-state index contributed by atoms with van der Waals surface area (Å²) in [7, 11) is 0. The summed E-state index contributed by atoms with van der Waals surface area (Å²) < 4.78 is 0. The number of aryl methyl sites for hydroxylation is 1. The molecule has 0 aliphatic rings. The molecule has 8 heteroatoms. The van der Waals surface area contributed by atoms with Gasteiger partial charge in [0.2, 0.25) is 11.0 Å². The second-order valence-electron chi connectivity index (χ2n) is 3.46. The van der Waals surface area contributed by atoms with E-state index in [4.69, 9.17) is 11.6 Å². The van der Waals surface area contributed by atoms with Gasteiger partial charge in [0.25, 0.3) is 0 Å². The van der Waals surface area contributed by atoms with Gasteiger partial charge in [-0.25, -0.2) is 15.0 Å². The Labute approximate surface area is 107 Å². The standard InChI is InChI=1S/C10H8ClN5O2/c1-6-2-3-12-7(4-6)15-10-8(16(17)18)9(11)13-5-14-10/h2-5H,1H3,(H,12,13,14,15). The molecule has 0 bridgehead atoms. The number of aromatic nitrogens is 3. The van der Waals surface area contributed by atoms with E-state index in [0.717, 1.165) is 11.9 Å². The van der Waals surface area contributed by atoms with Gasteiger partial charge in [0.1, 0.15) is 12.1 Å². The van der Waals surface area contributed by atoms with Gasteiger partial charge in [-0.05, 0) is 24.6 Å². The molecule has 0 radical (unpaired) electrons. The number of hydrogen-bond donors (Lipinski definition) is 1. The summed E-state index contributed by atoms with van der Waals surface area (Å²) in [5, 5.41) is 13.4. The molecule has 0 amide bonds. The Morgan fingerprint density at radius 3 is 2.83 bits per heavy atom. The molecule has 1 N–H and O–H groups in total. The first-order valence-corrected chi connectivity index (χ1v) is 5.30. The Morgan fingerprint density at radius 2 is 2.17 bits per heavy atom. The van der Waals surface area contributed by atoms with E-state index >= 15 is 0 Å². The van der Waals surface area contributed by atoms with Crippen LogP contribution in [0.25, 0.3) is 0 Å². The van der Waals surface area contributed by atoms with Crippen molar-refractivity contribution in [2.75, 3.05) is 5.32 Å². The van der Waals surface area contributed by atoms with Gasteiger partial charge < -0.3 is 5.32 Å². The fraction of sp³-hybridized carbons (Fsp3) is 0.100. The molecule has 18 heavy (non-hydrogen) atoms. The molecule has 0 spiro atoms. The molecule has 7 nitrogen and oxygen atoms in total. The smallest absolute Gasteiger partial charge is 0.319 e. The molecule has 0 atom stereocenters. The van der Waals surface area contributed by atoms with Crippen LogP contribution in [0.15, 0.2) is 24.7 Å². The molecule has 0 saturated carbocycles. The fourth-order valence-electron chi connectivity index (χ4n) is 1.34. The van der Waals surface area contributed by atoms with Gasteiger partial charge >= 0.3 is 5.69 Å². The van der Waals surface area contributed by atoms with Gasteiger partial charge in [-0.2, -0.15) is 0 Å². The zero-order valence-electron chi connectivity index (χ0n) is 9.29. The van der Waals surface area contributed by atoms with E-state index in [1.54, 1.807) is 12.3 Å². The normalized spacial score (nSPS) is 10.1. The maximum atomic E-state index is 10.9. The van der Waals surface area contributed by atoms with Crippen molar-refractivity contribution in [3.63, 3.8) is 0 Å². The average Bonchev–Trinajstić information content (AvgIpc) is 2.28. The maximum Gasteiger partial charge on any atom is 0.348 e. The number of nitrogens with one attached hydrogen (secondary N) is 1. The van der Waals surface area contributed by atoms with Crippen LogP contribution in [0.3, 0.4) is 0 Å². The van der Waals surface area contributed by atoms with E-state index < -0.39 is 4.92 Å². The van der Waals surface area contributed by atoms with Gasteiger partial charge in [-0.1, -0.05) is 11.6 Å². The third-order valence-corrected chi connectivity index (χ3v) is 2.40. The van der Waals surface area contributed by atoms with Crippen LogP contribution in [0.1, 0.15) is 5.56 Å². The molecule has 0 aromatic carbocycles. The van der Waals surface area contributed by atoms with Gasteiger partial charge in [0, 0.05) is 6.20 Å². The number of nitro groups is 1. The monoisotopic (exact) mass is 265 g/mol. The van der Waals surface area contributed by atoms with Crippen molar-refractivity contribution in [1.82, 2.24) is 15.0 Å². The molecule has 2 aromatic rings. The highest BCUT2D eigenvalue weighted by atomic mass is 35.5. The highest BCUT2D eigenvalue weighted by molar-refractivity contribution is 6.31. The zero-order valence-corrected chi connectivity index (χ0v) is 10.0. The Balaban J connectivity index is 2.40. The van der Waals surface area contributed by atoms with Gasteiger partial charge in [-0.3, -0.25) is 10.1 Å². The summed E-state index contributed by atoms with van der Waals surface area (Å²) in [6.45, 7) is 1.88. The van der Waals surface area contributed by atoms with E-state index in [1.807, 2.05) is 13.0 Å². The van der Waals surface area contributed by atoms with Crippen LogP contribution < -0.4 is 5.32 Å². The highest BCUT2D eigenvalue weighted by Gasteiger charge is 2.21. The van der Waals surface area contributed by atoms with Gasteiger partial charge in [-0.15, -0.1) is 0 Å². The van der Waals surface area contributed by atoms with E-state index in [9.17, 15) is 10.1 Å². The van der Waals surface area contributed by atoms with Gasteiger partial charge in [0.15, 0.2) is 0 Å². The lowest BCUT2D eigenvalue weighted by molar-refractivity contribution is -0.384. The van der Waals surface area contributed by atoms with Crippen molar-refractivity contribution >= 4 is 28.9 Å². The van der Waals surface area contributed by atoms with E-state index in [2.05, 4.69) is 20.3 Å². The summed E-state index contributed by atoms with van der Waals surface area (Å²) in [6.07, 6.45) is 2.74. The second kappa shape index (κ2) is 4.92. The minimum Gasteiger partial charge on any atom is -0.319 e. The summed E-state index contributed by atoms with van der Waals surface area (Å²) in [5.41, 5.74) is 0.595. The van der Waals surface area contributed by atoms with E-state index in [-0.39, 0.29) is 16.7 Å². The summed E-state index contributed by atoms with van der Waals surface area (Å²) in [4.78, 5) is 21.6. The largest absolute Gasteiger partial charge is 0.348 e. The molecule has 0 aliphatic carbocycles. The first-order valence-electron chi connectivity index (χ1n) is 4.92. The summed E-state index contributed by atoms with van der Waals surface area (Å²) >= 11 is 5.67. The fourth-order valence-corrected chi connectivity index (χ4v) is 1.54. The minimum absolute atomic E-state index is 0.0121. The molecule has 0 saturated heterocycles. The van der Waals surface area contributed by atoms with Crippen LogP contribution in [0, 0.1) is 17.0 Å². The molecule has 0 unspecified atom stereocenters. The Morgan fingerprint density at radius 1 is 1.39 bits per heavy atom. The second-order valence-corrected chi connectivity index (χ2v) is 3.82. The van der Waals surface area contributed by atoms with Crippen LogP contribution in [0.5, 0.6) is 0 Å². The predicted molar refractivity (Wildman–Crippen MR) is 66.0 cm³/mol. The number of pyridine rings is 1. The molecule has 92 valence electrons. The van der Waals surface area contributed by atoms with Crippen LogP contribution in [-0.4, -0.2) is 19.9 Å². The lowest BCUT2D eigenvalue weighted by atomic mass is 10.3. The first-order chi connectivity index (χ1) is 8.58. The SMILES string of the molecule is Cc1ccnc(Nc2ncnc(Cl)c2[N+](=O)[O-])c1. The number of halogens is 1. The van der Waals surface area contributed by atoms with E-state index in [1.165, 1.54) is 0 Å². The molecule has 2 aromatic heterocycles. The topological polar surface area (TPSA) is 93.8 Å². The van der Waals surface area contributed by atoms with Crippen LogP contribution >= 0.6 is 11.6 Å². The Hall–Kier alpha value is -2.28. The quantitative estimate of drug-likeness (QED) is 0.520. The van der Waals surface area contributed by atoms with Crippen LogP contribution in [-0.2, 0) is 0 Å². The third-order valence-electron chi connectivity index (χ3n) is 2.12. The molecule has 0 aliphatic heterocycles. The van der Waals surface area contributed by atoms with Gasteiger partial charge in [0.05, 0.1) is 4.92 Å². The van der Waals surface area contributed by atoms with Crippen molar-refractivity contribution in [1.29, 1.82) is 0 Å². The number of hydrogen-bond acceptors (Lipinski definition) is 6. The van der Waals surface area contributed by atoms with Crippen molar-refractivity contribution in [2.24, 2.45) is 0 Å². The highest BCUT2D eigenvalue weighted by Crippen LogP contribution is 2.29. The van der Waals surface area contributed by atoms with Crippen molar-refractivity contribution in [3.8, 4) is 0 Å². The zero-order chi connectivity index (χ0) is 13.1. The van der Waals surface area contributed by atoms with Crippen molar-refractivity contribution in [3.05, 3.63) is 45.5 Å². The maximum absolute atomic E-state index is 10.9. The Kier molecular flexibility index (Phi) is 3.33. The first kappa shape index (κ1) is 12.2. The number of anilines is 2. The lowest BCUT2D eigenvalue weighted by Gasteiger charge is -2.05. The van der Waals surface area contributed by atoms with Crippen LogP contribution in [0.2, 0.25) is 5.15 Å². The van der Waals surface area contributed by atoms with Crippen LogP contribution in [0.4, 0.5) is 17.3 Å². The average molecular weight is 266 g/mol. The number of rotatable bonds is 3. The van der Waals surface area contributed by atoms with Crippen molar-refractivity contribution < 1.29 is 4.92 Å². The summed E-state index contributed by atoms with van der Waals surface area (Å²) in [5.74, 6) is 0.464. The predicted octanol–water partition coefficient (Wildman–Crippen LogP) is 2.49. The summed E-state index contributed by atoms with van der Waals surface area (Å²) in [6, 6.07) is 3.55. The minimum atomic E-state index is -0.638. The van der Waals surface area contributed by atoms with Crippen molar-refractivity contribution in [2.45, 2.75) is 6.92 Å². The third kappa shape index (κ3) is 2.51. The lowest BCUT2D eigenvalue weighted by Crippen LogP contribution is -2.02. The molecule has 0 fully saturated rings. The molecule has 2 rings (SSSR count). The molecule has 2 heterocycles. The number of nitrogens with zero attached hydrogens (tertiary/aromatic N) is 4. The molecular formula is C10H8ClN5O2. The molecular weight excluding hydrogens is 258 g/mol. The van der Waals surface area contributed by atoms with E-state index in [0.29, 0.717) is 5.82 Å². The Bertz CT molecular complexity index is 605.